The molecule has 1 amide bonds. The molecule has 4 nitrogen and oxygen atoms in total. The Labute approximate surface area is 141 Å². The summed E-state index contributed by atoms with van der Waals surface area (Å²) in [4.78, 5) is 16.5. The van der Waals surface area contributed by atoms with E-state index in [0.717, 1.165) is 41.9 Å². The Hall–Kier alpha value is -1.75. The first-order valence-corrected chi connectivity index (χ1v) is 9.31. The fourth-order valence-corrected chi connectivity index (χ4v) is 3.88. The van der Waals surface area contributed by atoms with Crippen molar-refractivity contribution in [3.05, 3.63) is 29.3 Å². The molecule has 5 heteroatoms. The van der Waals surface area contributed by atoms with E-state index < -0.39 is 0 Å². The number of para-hydroxylation sites is 1. The summed E-state index contributed by atoms with van der Waals surface area (Å²) in [6, 6.07) is 8.16. The number of nitrogens with zero attached hydrogens (tertiary/aromatic N) is 2. The number of nitrogens with one attached hydrogen (secondary N) is 1. The molecule has 0 atom stereocenters. The van der Waals surface area contributed by atoms with Crippen LogP contribution in [0, 0.1) is 0 Å². The van der Waals surface area contributed by atoms with E-state index in [1.165, 1.54) is 30.4 Å². The van der Waals surface area contributed by atoms with Gasteiger partial charge >= 0.3 is 0 Å². The van der Waals surface area contributed by atoms with Crippen molar-refractivity contribution in [2.75, 3.05) is 0 Å². The molecule has 0 bridgehead atoms. The van der Waals surface area contributed by atoms with Crippen molar-refractivity contribution in [2.45, 2.75) is 57.8 Å². The monoisotopic (exact) mass is 329 g/mol. The lowest BCUT2D eigenvalue weighted by atomic mass is 10.2. The molecule has 1 aromatic carbocycles. The van der Waals surface area contributed by atoms with Gasteiger partial charge in [0.05, 0.1) is 15.2 Å². The molecule has 1 saturated carbocycles. The summed E-state index contributed by atoms with van der Waals surface area (Å²) in [6.45, 7) is 0. The van der Waals surface area contributed by atoms with Gasteiger partial charge in [-0.25, -0.2) is 10.4 Å². The Morgan fingerprint density at radius 3 is 2.74 bits per heavy atom. The molecule has 3 rings (SSSR count). The third-order valence-electron chi connectivity index (χ3n) is 4.15. The van der Waals surface area contributed by atoms with Crippen LogP contribution in [0.5, 0.6) is 0 Å². The Morgan fingerprint density at radius 2 is 1.96 bits per heavy atom. The van der Waals surface area contributed by atoms with E-state index in [9.17, 15) is 4.79 Å². The summed E-state index contributed by atoms with van der Waals surface area (Å²) < 4.78 is 1.21. The third kappa shape index (κ3) is 4.86. The highest BCUT2D eigenvalue weighted by Crippen LogP contribution is 2.22. The molecule has 1 aromatic heterocycles. The number of amides is 1. The van der Waals surface area contributed by atoms with E-state index in [-0.39, 0.29) is 5.91 Å². The van der Waals surface area contributed by atoms with Gasteiger partial charge in [0.1, 0.15) is 0 Å². The molecule has 0 unspecified atom stereocenters. The van der Waals surface area contributed by atoms with E-state index in [1.54, 1.807) is 11.3 Å². The van der Waals surface area contributed by atoms with Crippen LogP contribution in [0.1, 0.15) is 56.4 Å². The van der Waals surface area contributed by atoms with Gasteiger partial charge in [0, 0.05) is 12.1 Å². The second kappa shape index (κ2) is 8.20. The van der Waals surface area contributed by atoms with Crippen molar-refractivity contribution in [1.29, 1.82) is 0 Å². The summed E-state index contributed by atoms with van der Waals surface area (Å²) in [6.07, 6.45) is 9.22. The summed E-state index contributed by atoms with van der Waals surface area (Å²) in [5.41, 5.74) is 4.93. The Bertz CT molecular complexity index is 649. The first kappa shape index (κ1) is 16.1. The van der Waals surface area contributed by atoms with Crippen LogP contribution in [0.25, 0.3) is 10.2 Å². The van der Waals surface area contributed by atoms with Gasteiger partial charge in [-0.1, -0.05) is 25.0 Å². The Morgan fingerprint density at radius 1 is 1.17 bits per heavy atom. The SMILES string of the molecule is O=C(CCCc1nc2ccccc2s1)NN=C1CCCCCC1. The van der Waals surface area contributed by atoms with Gasteiger partial charge in [0.15, 0.2) is 0 Å². The number of aryl methyl sites for hydroxylation is 1. The van der Waals surface area contributed by atoms with Crippen molar-refractivity contribution >= 4 is 33.2 Å². The van der Waals surface area contributed by atoms with Crippen molar-refractivity contribution in [3.8, 4) is 0 Å². The van der Waals surface area contributed by atoms with Crippen LogP contribution in [0.4, 0.5) is 0 Å². The minimum atomic E-state index is 0.0165. The van der Waals surface area contributed by atoms with Crippen LogP contribution in [0.3, 0.4) is 0 Å². The number of hydrogen-bond donors (Lipinski definition) is 1. The highest BCUT2D eigenvalue weighted by atomic mass is 32.1. The summed E-state index contributed by atoms with van der Waals surface area (Å²) in [7, 11) is 0. The largest absolute Gasteiger partial charge is 0.273 e. The first-order chi connectivity index (χ1) is 11.3. The highest BCUT2D eigenvalue weighted by molar-refractivity contribution is 7.18. The second-order valence-corrected chi connectivity index (χ2v) is 7.17. The maximum atomic E-state index is 11.9. The van der Waals surface area contributed by atoms with Crippen LogP contribution in [-0.2, 0) is 11.2 Å². The lowest BCUT2D eigenvalue weighted by Crippen LogP contribution is -2.19. The molecule has 0 radical (unpaired) electrons. The highest BCUT2D eigenvalue weighted by Gasteiger charge is 2.08. The normalized spacial score (nSPS) is 15.4. The fraction of sp³-hybridized carbons (Fsp3) is 0.500. The number of benzene rings is 1. The van der Waals surface area contributed by atoms with Crippen LogP contribution in [0.2, 0.25) is 0 Å². The molecule has 0 spiro atoms. The molecule has 0 aliphatic heterocycles. The first-order valence-electron chi connectivity index (χ1n) is 8.50. The standard InChI is InChI=1S/C18H23N3OS/c22-17(21-20-14-8-3-1-2-4-9-14)12-7-13-18-19-15-10-5-6-11-16(15)23-18/h5-6,10-11H,1-4,7-9,12-13H2,(H,21,22). The van der Waals surface area contributed by atoms with Crippen LogP contribution >= 0.6 is 11.3 Å². The zero-order valence-electron chi connectivity index (χ0n) is 13.4. The summed E-state index contributed by atoms with van der Waals surface area (Å²) in [5, 5.41) is 5.41. The van der Waals surface area contributed by atoms with Crippen LogP contribution in [0.15, 0.2) is 29.4 Å². The van der Waals surface area contributed by atoms with Crippen LogP contribution in [-0.4, -0.2) is 16.6 Å². The number of rotatable bonds is 5. The van der Waals surface area contributed by atoms with Crippen LogP contribution < -0.4 is 5.43 Å². The van der Waals surface area contributed by atoms with Gasteiger partial charge in [-0.15, -0.1) is 11.3 Å². The Kier molecular flexibility index (Phi) is 5.75. The number of carbonyl (C=O) groups excluding carboxylic acids is 1. The Balaban J connectivity index is 1.42. The average Bonchev–Trinajstić information content (AvgIpc) is 2.79. The molecule has 1 N–H and O–H groups in total. The minimum absolute atomic E-state index is 0.0165. The van der Waals surface area contributed by atoms with E-state index in [0.29, 0.717) is 6.42 Å². The van der Waals surface area contributed by atoms with Gasteiger partial charge in [-0.2, -0.15) is 5.10 Å². The topological polar surface area (TPSA) is 54.4 Å². The van der Waals surface area contributed by atoms with E-state index in [4.69, 9.17) is 0 Å². The fourth-order valence-electron chi connectivity index (χ4n) is 2.87. The zero-order valence-corrected chi connectivity index (χ0v) is 14.2. The molecule has 23 heavy (non-hydrogen) atoms. The predicted molar refractivity (Wildman–Crippen MR) is 95.8 cm³/mol. The lowest BCUT2D eigenvalue weighted by molar-refractivity contribution is -0.121. The molecule has 1 aliphatic carbocycles. The van der Waals surface area contributed by atoms with Gasteiger partial charge < -0.3 is 0 Å². The number of aromatic nitrogens is 1. The summed E-state index contributed by atoms with van der Waals surface area (Å²) >= 11 is 1.72. The maximum Gasteiger partial charge on any atom is 0.240 e. The molecule has 122 valence electrons. The summed E-state index contributed by atoms with van der Waals surface area (Å²) in [5.74, 6) is 0.0165. The van der Waals surface area contributed by atoms with Crippen molar-refractivity contribution in [2.24, 2.45) is 5.10 Å². The molecular weight excluding hydrogens is 306 g/mol. The lowest BCUT2D eigenvalue weighted by Gasteiger charge is -2.03. The third-order valence-corrected chi connectivity index (χ3v) is 5.25. The van der Waals surface area contributed by atoms with E-state index in [1.807, 2.05) is 18.2 Å². The van der Waals surface area contributed by atoms with Crippen molar-refractivity contribution < 1.29 is 4.79 Å². The van der Waals surface area contributed by atoms with Crippen molar-refractivity contribution in [3.63, 3.8) is 0 Å². The number of carbonyl (C=O) groups is 1. The van der Waals surface area contributed by atoms with E-state index >= 15 is 0 Å². The van der Waals surface area contributed by atoms with E-state index in [2.05, 4.69) is 21.6 Å². The number of fused-ring (bicyclic) bond motifs is 1. The average molecular weight is 329 g/mol. The second-order valence-electron chi connectivity index (χ2n) is 6.06. The zero-order chi connectivity index (χ0) is 15.9. The molecular formula is C18H23N3OS. The van der Waals surface area contributed by atoms with Gasteiger partial charge in [0.2, 0.25) is 5.91 Å². The molecule has 2 aromatic rings. The molecule has 1 heterocycles. The smallest absolute Gasteiger partial charge is 0.240 e. The number of thiazole rings is 1. The number of hydrogen-bond acceptors (Lipinski definition) is 4. The van der Waals surface area contributed by atoms with Gasteiger partial charge in [-0.05, 0) is 50.7 Å². The number of hydrazone groups is 1. The van der Waals surface area contributed by atoms with Gasteiger partial charge in [-0.3, -0.25) is 4.79 Å². The van der Waals surface area contributed by atoms with Crippen molar-refractivity contribution in [1.82, 2.24) is 10.4 Å². The minimum Gasteiger partial charge on any atom is -0.273 e. The molecule has 0 saturated heterocycles. The maximum absolute atomic E-state index is 11.9. The van der Waals surface area contributed by atoms with Gasteiger partial charge in [0.25, 0.3) is 0 Å². The molecule has 1 fully saturated rings. The predicted octanol–water partition coefficient (Wildman–Crippen LogP) is 4.45. The quantitative estimate of drug-likeness (QED) is 0.651. The molecule has 1 aliphatic rings.